The second kappa shape index (κ2) is 7.50. The smallest absolute Gasteiger partial charge is 0.289 e. The van der Waals surface area contributed by atoms with Crippen LogP contribution in [0.3, 0.4) is 0 Å². The number of fused-ring (bicyclic) bond motifs is 1. The number of nitrogens with one attached hydrogen (secondary N) is 1. The quantitative estimate of drug-likeness (QED) is 0.745. The predicted molar refractivity (Wildman–Crippen MR) is 104 cm³/mol. The maximum absolute atomic E-state index is 12.7. The van der Waals surface area contributed by atoms with Gasteiger partial charge in [0.2, 0.25) is 5.91 Å². The number of aromatic nitrogens is 1. The van der Waals surface area contributed by atoms with Crippen molar-refractivity contribution in [3.8, 4) is 10.8 Å². The van der Waals surface area contributed by atoms with Gasteiger partial charge in [0.05, 0.1) is 16.8 Å². The monoisotopic (exact) mass is 384 g/mol. The summed E-state index contributed by atoms with van der Waals surface area (Å²) >= 11 is 1.54. The van der Waals surface area contributed by atoms with Crippen molar-refractivity contribution < 1.29 is 14.0 Å². The van der Waals surface area contributed by atoms with Crippen molar-refractivity contribution in [2.75, 3.05) is 39.8 Å². The Bertz CT molecular complexity index is 939. The number of amides is 2. The Balaban J connectivity index is 1.42. The molecule has 1 aromatic carbocycles. The number of carbonyl (C=O) groups is 2. The van der Waals surface area contributed by atoms with Gasteiger partial charge in [-0.25, -0.2) is 4.98 Å². The van der Waals surface area contributed by atoms with Crippen molar-refractivity contribution >= 4 is 33.4 Å². The van der Waals surface area contributed by atoms with E-state index in [9.17, 15) is 9.59 Å². The first-order chi connectivity index (χ1) is 13.1. The number of hydrogen-bond donors (Lipinski definition) is 1. The summed E-state index contributed by atoms with van der Waals surface area (Å²) in [6.45, 7) is 2.86. The highest BCUT2D eigenvalue weighted by atomic mass is 32.1. The van der Waals surface area contributed by atoms with Gasteiger partial charge >= 0.3 is 0 Å². The van der Waals surface area contributed by atoms with E-state index in [0.29, 0.717) is 44.2 Å². The molecule has 0 unspecified atom stereocenters. The molecule has 27 heavy (non-hydrogen) atoms. The molecule has 0 radical (unpaired) electrons. The molecule has 1 N–H and O–H groups in total. The topological polar surface area (TPSA) is 78.7 Å². The third-order valence-corrected chi connectivity index (χ3v) is 5.68. The second-order valence-electron chi connectivity index (χ2n) is 6.39. The van der Waals surface area contributed by atoms with Crippen molar-refractivity contribution in [3.05, 3.63) is 42.2 Å². The zero-order chi connectivity index (χ0) is 18.8. The molecule has 1 aliphatic heterocycles. The molecule has 140 valence electrons. The van der Waals surface area contributed by atoms with Gasteiger partial charge in [0.15, 0.2) is 16.5 Å². The van der Waals surface area contributed by atoms with Crippen LogP contribution in [-0.4, -0.2) is 66.4 Å². The van der Waals surface area contributed by atoms with E-state index in [2.05, 4.69) is 10.3 Å². The SMILES string of the molecule is CNC(=O)CN1CCN(C(=O)c2ccc(-c3nc4ccccc4s3)o2)CC1. The van der Waals surface area contributed by atoms with Crippen LogP contribution in [-0.2, 0) is 4.79 Å². The summed E-state index contributed by atoms with van der Waals surface area (Å²) in [6.07, 6.45) is 0. The molecule has 0 spiro atoms. The largest absolute Gasteiger partial charge is 0.448 e. The van der Waals surface area contributed by atoms with Gasteiger partial charge in [0, 0.05) is 33.2 Å². The van der Waals surface area contributed by atoms with Gasteiger partial charge in [-0.1, -0.05) is 12.1 Å². The second-order valence-corrected chi connectivity index (χ2v) is 7.42. The van der Waals surface area contributed by atoms with E-state index in [1.807, 2.05) is 29.2 Å². The summed E-state index contributed by atoms with van der Waals surface area (Å²) in [6, 6.07) is 11.4. The van der Waals surface area contributed by atoms with Crippen molar-refractivity contribution in [2.24, 2.45) is 0 Å². The number of carbonyl (C=O) groups excluding carboxylic acids is 2. The number of nitrogens with zero attached hydrogens (tertiary/aromatic N) is 3. The summed E-state index contributed by atoms with van der Waals surface area (Å²) in [5.41, 5.74) is 0.925. The summed E-state index contributed by atoms with van der Waals surface area (Å²) in [5.74, 6) is 0.796. The lowest BCUT2D eigenvalue weighted by molar-refractivity contribution is -0.122. The van der Waals surface area contributed by atoms with E-state index < -0.39 is 0 Å². The number of hydrogen-bond acceptors (Lipinski definition) is 6. The Morgan fingerprint density at radius 1 is 1.15 bits per heavy atom. The van der Waals surface area contributed by atoms with Gasteiger partial charge in [0.1, 0.15) is 0 Å². The summed E-state index contributed by atoms with van der Waals surface area (Å²) in [5, 5.41) is 3.39. The Kier molecular flexibility index (Phi) is 4.91. The molecule has 2 aromatic heterocycles. The minimum atomic E-state index is -0.123. The molecular weight excluding hydrogens is 364 g/mol. The van der Waals surface area contributed by atoms with E-state index in [1.165, 1.54) is 0 Å². The fraction of sp³-hybridized carbons (Fsp3) is 0.316. The van der Waals surface area contributed by atoms with Crippen LogP contribution < -0.4 is 5.32 Å². The van der Waals surface area contributed by atoms with Crippen molar-refractivity contribution in [2.45, 2.75) is 0 Å². The van der Waals surface area contributed by atoms with Gasteiger partial charge in [-0.2, -0.15) is 0 Å². The van der Waals surface area contributed by atoms with E-state index >= 15 is 0 Å². The average Bonchev–Trinajstić information content (AvgIpc) is 3.34. The Morgan fingerprint density at radius 2 is 1.93 bits per heavy atom. The third kappa shape index (κ3) is 3.72. The Labute approximate surface area is 160 Å². The summed E-state index contributed by atoms with van der Waals surface area (Å²) < 4.78 is 6.89. The highest BCUT2D eigenvalue weighted by Gasteiger charge is 2.25. The molecule has 2 amide bonds. The number of piperazine rings is 1. The van der Waals surface area contributed by atoms with Crippen LogP contribution in [0.1, 0.15) is 10.6 Å². The maximum Gasteiger partial charge on any atom is 0.289 e. The van der Waals surface area contributed by atoms with Crippen LogP contribution in [0.5, 0.6) is 0 Å². The zero-order valence-electron chi connectivity index (χ0n) is 15.0. The third-order valence-electron chi connectivity index (χ3n) is 4.63. The van der Waals surface area contributed by atoms with Crippen LogP contribution >= 0.6 is 11.3 Å². The van der Waals surface area contributed by atoms with Gasteiger partial charge in [-0.15, -0.1) is 11.3 Å². The van der Waals surface area contributed by atoms with Crippen LogP contribution in [0.2, 0.25) is 0 Å². The van der Waals surface area contributed by atoms with Gasteiger partial charge in [0.25, 0.3) is 5.91 Å². The molecule has 0 atom stereocenters. The molecule has 1 fully saturated rings. The fourth-order valence-electron chi connectivity index (χ4n) is 3.09. The minimum absolute atomic E-state index is 0.0127. The van der Waals surface area contributed by atoms with E-state index in [0.717, 1.165) is 15.2 Å². The molecule has 3 heterocycles. The highest BCUT2D eigenvalue weighted by Crippen LogP contribution is 2.31. The lowest BCUT2D eigenvalue weighted by atomic mass is 10.3. The summed E-state index contributed by atoms with van der Waals surface area (Å²) in [7, 11) is 1.63. The Morgan fingerprint density at radius 3 is 2.67 bits per heavy atom. The first-order valence-electron chi connectivity index (χ1n) is 8.82. The molecule has 8 heteroatoms. The minimum Gasteiger partial charge on any atom is -0.448 e. The normalized spacial score (nSPS) is 15.2. The van der Waals surface area contributed by atoms with Crippen LogP contribution in [0.15, 0.2) is 40.8 Å². The van der Waals surface area contributed by atoms with Gasteiger partial charge in [-0.05, 0) is 24.3 Å². The number of benzene rings is 1. The number of furan rings is 1. The molecule has 1 aliphatic rings. The van der Waals surface area contributed by atoms with Crippen LogP contribution in [0, 0.1) is 0 Å². The fourth-order valence-corrected chi connectivity index (χ4v) is 4.02. The van der Waals surface area contributed by atoms with Crippen molar-refractivity contribution in [1.82, 2.24) is 20.1 Å². The number of likely N-dealkylation sites (N-methyl/N-ethyl adjacent to an activating group) is 1. The van der Waals surface area contributed by atoms with Crippen LogP contribution in [0.25, 0.3) is 21.0 Å². The average molecular weight is 384 g/mol. The van der Waals surface area contributed by atoms with Crippen molar-refractivity contribution in [3.63, 3.8) is 0 Å². The molecule has 7 nitrogen and oxygen atoms in total. The number of para-hydroxylation sites is 1. The Hall–Kier alpha value is -2.71. The standard InChI is InChI=1S/C19H20N4O3S/c1-20-17(24)12-22-8-10-23(11-9-22)19(25)15-7-6-14(26-15)18-21-13-4-2-3-5-16(13)27-18/h2-7H,8-12H2,1H3,(H,20,24). The lowest BCUT2D eigenvalue weighted by Crippen LogP contribution is -2.50. The molecule has 1 saturated heterocycles. The highest BCUT2D eigenvalue weighted by molar-refractivity contribution is 7.21. The van der Waals surface area contributed by atoms with Crippen molar-refractivity contribution in [1.29, 1.82) is 0 Å². The number of thiazole rings is 1. The van der Waals surface area contributed by atoms with Crippen LogP contribution in [0.4, 0.5) is 0 Å². The van der Waals surface area contributed by atoms with E-state index in [-0.39, 0.29) is 11.8 Å². The molecule has 3 aromatic rings. The van der Waals surface area contributed by atoms with E-state index in [4.69, 9.17) is 4.42 Å². The first-order valence-corrected chi connectivity index (χ1v) is 9.63. The predicted octanol–water partition coefficient (Wildman–Crippen LogP) is 2.06. The zero-order valence-corrected chi connectivity index (χ0v) is 15.8. The molecule has 0 aliphatic carbocycles. The first kappa shape index (κ1) is 17.7. The number of rotatable bonds is 4. The van der Waals surface area contributed by atoms with Gasteiger partial charge in [-0.3, -0.25) is 14.5 Å². The molecule has 0 saturated carbocycles. The molecular formula is C19H20N4O3S. The lowest BCUT2D eigenvalue weighted by Gasteiger charge is -2.33. The molecule has 0 bridgehead atoms. The van der Waals surface area contributed by atoms with E-state index in [1.54, 1.807) is 35.4 Å². The molecule has 4 rings (SSSR count). The maximum atomic E-state index is 12.7. The van der Waals surface area contributed by atoms with Gasteiger partial charge < -0.3 is 14.6 Å². The summed E-state index contributed by atoms with van der Waals surface area (Å²) in [4.78, 5) is 32.6.